The number of anilines is 1. The number of carbonyl (C=O) groups excluding carboxylic acids is 1. The van der Waals surface area contributed by atoms with Gasteiger partial charge in [-0.15, -0.1) is 11.3 Å². The van der Waals surface area contributed by atoms with Crippen LogP contribution in [0.4, 0.5) is 5.13 Å². The smallest absolute Gasteiger partial charge is 0.230 e. The molecule has 3 heterocycles. The molecule has 0 bridgehead atoms. The zero-order chi connectivity index (χ0) is 17.1. The van der Waals surface area contributed by atoms with Crippen molar-refractivity contribution < 1.29 is 14.3 Å². The summed E-state index contributed by atoms with van der Waals surface area (Å²) >= 11 is 1.39. The van der Waals surface area contributed by atoms with E-state index in [1.807, 2.05) is 35.7 Å². The lowest BCUT2D eigenvalue weighted by atomic mass is 10.1. The van der Waals surface area contributed by atoms with E-state index in [0.717, 1.165) is 22.6 Å². The SMILES string of the molecule is O=C(Cc1ccc2c(c1)OCCO2)Nc1nc(-c2cccnc2)cs1. The second-order valence-corrected chi connectivity index (χ2v) is 6.34. The lowest BCUT2D eigenvalue weighted by Gasteiger charge is -2.18. The van der Waals surface area contributed by atoms with E-state index in [-0.39, 0.29) is 12.3 Å². The van der Waals surface area contributed by atoms with Crippen LogP contribution >= 0.6 is 11.3 Å². The van der Waals surface area contributed by atoms with Crippen LogP contribution in [0.1, 0.15) is 5.56 Å². The highest BCUT2D eigenvalue weighted by Crippen LogP contribution is 2.31. The Hall–Kier alpha value is -2.93. The minimum absolute atomic E-state index is 0.122. The Balaban J connectivity index is 1.42. The first kappa shape index (κ1) is 15.6. The number of carbonyl (C=O) groups is 1. The van der Waals surface area contributed by atoms with E-state index >= 15 is 0 Å². The summed E-state index contributed by atoms with van der Waals surface area (Å²) < 4.78 is 11.0. The molecule has 0 spiro atoms. The van der Waals surface area contributed by atoms with E-state index in [9.17, 15) is 4.79 Å². The van der Waals surface area contributed by atoms with Gasteiger partial charge in [0.1, 0.15) is 13.2 Å². The Morgan fingerprint density at radius 3 is 2.92 bits per heavy atom. The first-order valence-corrected chi connectivity index (χ1v) is 8.70. The predicted octanol–water partition coefficient (Wildman–Crippen LogP) is 3.16. The van der Waals surface area contributed by atoms with Crippen molar-refractivity contribution in [3.05, 3.63) is 53.7 Å². The molecule has 0 saturated heterocycles. The van der Waals surface area contributed by atoms with Gasteiger partial charge in [0.15, 0.2) is 16.6 Å². The molecule has 1 aliphatic heterocycles. The fourth-order valence-corrected chi connectivity index (χ4v) is 3.26. The van der Waals surface area contributed by atoms with Crippen LogP contribution in [0.25, 0.3) is 11.3 Å². The van der Waals surface area contributed by atoms with Gasteiger partial charge in [0.05, 0.1) is 12.1 Å². The Labute approximate surface area is 148 Å². The first-order chi connectivity index (χ1) is 12.3. The van der Waals surface area contributed by atoms with Crippen LogP contribution in [0.5, 0.6) is 11.5 Å². The highest BCUT2D eigenvalue weighted by molar-refractivity contribution is 7.14. The molecule has 0 saturated carbocycles. The molecule has 1 N–H and O–H groups in total. The molecule has 0 radical (unpaired) electrons. The number of rotatable bonds is 4. The number of nitrogens with one attached hydrogen (secondary N) is 1. The normalized spacial score (nSPS) is 12.6. The van der Waals surface area contributed by atoms with Crippen LogP contribution in [0.2, 0.25) is 0 Å². The third-order valence-corrected chi connectivity index (χ3v) is 4.44. The van der Waals surface area contributed by atoms with Gasteiger partial charge >= 0.3 is 0 Å². The molecule has 126 valence electrons. The molecule has 4 rings (SSSR count). The molecule has 1 aromatic carbocycles. The van der Waals surface area contributed by atoms with Gasteiger partial charge in [0, 0.05) is 23.3 Å². The predicted molar refractivity (Wildman–Crippen MR) is 95.1 cm³/mol. The summed E-state index contributed by atoms with van der Waals surface area (Å²) in [4.78, 5) is 20.8. The van der Waals surface area contributed by atoms with Crippen molar-refractivity contribution in [3.8, 4) is 22.8 Å². The van der Waals surface area contributed by atoms with Gasteiger partial charge in [-0.25, -0.2) is 4.98 Å². The van der Waals surface area contributed by atoms with E-state index in [4.69, 9.17) is 9.47 Å². The third kappa shape index (κ3) is 3.61. The standard InChI is InChI=1S/C18H15N3O3S/c22-17(9-12-3-4-15-16(8-12)24-7-6-23-15)21-18-20-14(11-25-18)13-2-1-5-19-10-13/h1-5,8,10-11H,6-7,9H2,(H,20,21,22). The van der Waals surface area contributed by atoms with E-state index in [2.05, 4.69) is 15.3 Å². The van der Waals surface area contributed by atoms with Crippen molar-refractivity contribution in [2.45, 2.75) is 6.42 Å². The van der Waals surface area contributed by atoms with Gasteiger partial charge in [0.25, 0.3) is 0 Å². The Bertz CT molecular complexity index is 896. The van der Waals surface area contributed by atoms with Gasteiger partial charge in [0.2, 0.25) is 5.91 Å². The number of fused-ring (bicyclic) bond motifs is 1. The molecule has 6 nitrogen and oxygen atoms in total. The van der Waals surface area contributed by atoms with Crippen LogP contribution in [-0.2, 0) is 11.2 Å². The van der Waals surface area contributed by atoms with Crippen LogP contribution < -0.4 is 14.8 Å². The van der Waals surface area contributed by atoms with Gasteiger partial charge in [-0.3, -0.25) is 9.78 Å². The summed E-state index contributed by atoms with van der Waals surface area (Å²) in [6, 6.07) is 9.34. The minimum Gasteiger partial charge on any atom is -0.486 e. The number of ether oxygens (including phenoxy) is 2. The number of amides is 1. The molecule has 2 aromatic heterocycles. The van der Waals surface area contributed by atoms with Crippen molar-refractivity contribution >= 4 is 22.4 Å². The van der Waals surface area contributed by atoms with E-state index in [0.29, 0.717) is 24.1 Å². The van der Waals surface area contributed by atoms with Crippen LogP contribution in [-0.4, -0.2) is 29.1 Å². The van der Waals surface area contributed by atoms with Gasteiger partial charge < -0.3 is 14.8 Å². The average Bonchev–Trinajstić information content (AvgIpc) is 3.10. The molecule has 1 amide bonds. The summed E-state index contributed by atoms with van der Waals surface area (Å²) in [7, 11) is 0. The van der Waals surface area contributed by atoms with Crippen LogP contribution in [0.3, 0.4) is 0 Å². The number of thiazole rings is 1. The fourth-order valence-electron chi connectivity index (χ4n) is 2.52. The zero-order valence-electron chi connectivity index (χ0n) is 13.3. The molecule has 0 atom stereocenters. The number of aromatic nitrogens is 2. The van der Waals surface area contributed by atoms with Crippen molar-refractivity contribution in [3.63, 3.8) is 0 Å². The van der Waals surface area contributed by atoms with Gasteiger partial charge in [-0.05, 0) is 29.8 Å². The van der Waals surface area contributed by atoms with Crippen LogP contribution in [0, 0.1) is 0 Å². The summed E-state index contributed by atoms with van der Waals surface area (Å²) in [5.41, 5.74) is 2.59. The van der Waals surface area contributed by atoms with Crippen molar-refractivity contribution in [1.82, 2.24) is 9.97 Å². The lowest BCUT2D eigenvalue weighted by molar-refractivity contribution is -0.115. The molecule has 3 aromatic rings. The van der Waals surface area contributed by atoms with Gasteiger partial charge in [-0.2, -0.15) is 0 Å². The monoisotopic (exact) mass is 353 g/mol. The number of nitrogens with zero attached hydrogens (tertiary/aromatic N) is 2. The Morgan fingerprint density at radius 2 is 2.08 bits per heavy atom. The second kappa shape index (κ2) is 6.90. The molecular weight excluding hydrogens is 338 g/mol. The van der Waals surface area contributed by atoms with Crippen molar-refractivity contribution in [2.24, 2.45) is 0 Å². The van der Waals surface area contributed by atoms with Gasteiger partial charge in [-0.1, -0.05) is 6.07 Å². The average molecular weight is 353 g/mol. The first-order valence-electron chi connectivity index (χ1n) is 7.82. The number of pyridine rings is 1. The summed E-state index contributed by atoms with van der Waals surface area (Å²) in [6.45, 7) is 1.08. The third-order valence-electron chi connectivity index (χ3n) is 3.68. The van der Waals surface area contributed by atoms with Crippen molar-refractivity contribution in [2.75, 3.05) is 18.5 Å². The molecule has 0 aliphatic carbocycles. The molecular formula is C18H15N3O3S. The minimum atomic E-state index is -0.122. The summed E-state index contributed by atoms with van der Waals surface area (Å²) in [5, 5.41) is 5.31. The maximum atomic E-state index is 12.3. The zero-order valence-corrected chi connectivity index (χ0v) is 14.1. The van der Waals surface area contributed by atoms with Crippen molar-refractivity contribution in [1.29, 1.82) is 0 Å². The largest absolute Gasteiger partial charge is 0.486 e. The molecule has 0 fully saturated rings. The number of benzene rings is 1. The lowest BCUT2D eigenvalue weighted by Crippen LogP contribution is -2.17. The Morgan fingerprint density at radius 1 is 1.20 bits per heavy atom. The maximum absolute atomic E-state index is 12.3. The molecule has 25 heavy (non-hydrogen) atoms. The number of hydrogen-bond donors (Lipinski definition) is 1. The summed E-state index contributed by atoms with van der Waals surface area (Å²) in [6.07, 6.45) is 3.71. The maximum Gasteiger partial charge on any atom is 0.230 e. The Kier molecular flexibility index (Phi) is 4.30. The van der Waals surface area contributed by atoms with E-state index in [1.165, 1.54) is 11.3 Å². The second-order valence-electron chi connectivity index (χ2n) is 5.48. The highest BCUT2D eigenvalue weighted by atomic mass is 32.1. The molecule has 0 unspecified atom stereocenters. The topological polar surface area (TPSA) is 73.3 Å². The quantitative estimate of drug-likeness (QED) is 0.780. The summed E-state index contributed by atoms with van der Waals surface area (Å²) in [5.74, 6) is 1.28. The molecule has 7 heteroatoms. The van der Waals surface area contributed by atoms with E-state index < -0.39 is 0 Å². The fraction of sp³-hybridized carbons (Fsp3) is 0.167. The van der Waals surface area contributed by atoms with Crippen LogP contribution in [0.15, 0.2) is 48.1 Å². The highest BCUT2D eigenvalue weighted by Gasteiger charge is 2.14. The number of hydrogen-bond acceptors (Lipinski definition) is 6. The van der Waals surface area contributed by atoms with E-state index in [1.54, 1.807) is 12.4 Å². The molecule has 1 aliphatic rings.